The number of carbonyl (C=O) groups excluding carboxylic acids is 1. The third-order valence-corrected chi connectivity index (χ3v) is 3.27. The molecule has 1 saturated heterocycles. The second-order valence-corrected chi connectivity index (χ2v) is 4.45. The Kier molecular flexibility index (Phi) is 2.81. The number of hydrogen-bond acceptors (Lipinski definition) is 3. The van der Waals surface area contributed by atoms with Crippen LogP contribution in [0.15, 0.2) is 18.5 Å². The Hall–Kier alpha value is -1.58. The molecule has 0 bridgehead atoms. The maximum Gasteiger partial charge on any atom is 0.256 e. The maximum absolute atomic E-state index is 12.3. The highest BCUT2D eigenvalue weighted by Gasteiger charge is 2.32. The molecular formula is C12H17N3O. The van der Waals surface area contributed by atoms with E-state index in [1.807, 2.05) is 4.90 Å². The van der Waals surface area contributed by atoms with Crippen LogP contribution in [0.3, 0.4) is 0 Å². The fourth-order valence-corrected chi connectivity index (χ4v) is 2.34. The van der Waals surface area contributed by atoms with Crippen molar-refractivity contribution in [3.05, 3.63) is 24.0 Å². The van der Waals surface area contributed by atoms with Gasteiger partial charge in [0.25, 0.3) is 5.91 Å². The summed E-state index contributed by atoms with van der Waals surface area (Å²) in [6.07, 6.45) is 5.27. The largest absolute Gasteiger partial charge is 0.397 e. The lowest BCUT2D eigenvalue weighted by Crippen LogP contribution is -2.38. The van der Waals surface area contributed by atoms with Crippen LogP contribution in [0.1, 0.15) is 37.0 Å². The monoisotopic (exact) mass is 219 g/mol. The van der Waals surface area contributed by atoms with E-state index in [0.717, 1.165) is 12.8 Å². The smallest absolute Gasteiger partial charge is 0.256 e. The van der Waals surface area contributed by atoms with Gasteiger partial charge in [0.05, 0.1) is 17.4 Å². The zero-order chi connectivity index (χ0) is 11.7. The van der Waals surface area contributed by atoms with Gasteiger partial charge in [0.1, 0.15) is 0 Å². The van der Waals surface area contributed by atoms with Crippen LogP contribution in [0.25, 0.3) is 0 Å². The Bertz CT molecular complexity index is 395. The van der Waals surface area contributed by atoms with Crippen LogP contribution in [0.2, 0.25) is 0 Å². The third-order valence-electron chi connectivity index (χ3n) is 3.27. The topological polar surface area (TPSA) is 59.2 Å². The van der Waals surface area contributed by atoms with Crippen molar-refractivity contribution in [2.24, 2.45) is 0 Å². The number of nitrogens with zero attached hydrogens (tertiary/aromatic N) is 2. The highest BCUT2D eigenvalue weighted by molar-refractivity contribution is 5.99. The van der Waals surface area contributed by atoms with Crippen LogP contribution in [-0.4, -0.2) is 27.9 Å². The fourth-order valence-electron chi connectivity index (χ4n) is 2.34. The molecule has 0 aromatic carbocycles. The lowest BCUT2D eigenvalue weighted by atomic mass is 10.2. The van der Waals surface area contributed by atoms with E-state index in [0.29, 0.717) is 23.3 Å². The van der Waals surface area contributed by atoms with Crippen LogP contribution in [-0.2, 0) is 0 Å². The second kappa shape index (κ2) is 4.12. The predicted octanol–water partition coefficient (Wildman–Crippen LogP) is 1.68. The van der Waals surface area contributed by atoms with Gasteiger partial charge in [-0.3, -0.25) is 9.78 Å². The number of nitrogen functional groups attached to an aromatic ring is 1. The fraction of sp³-hybridized carbons (Fsp3) is 0.500. The van der Waals surface area contributed by atoms with Crippen LogP contribution in [0.5, 0.6) is 0 Å². The normalized spacial score (nSPS) is 24.8. The van der Waals surface area contributed by atoms with Crippen LogP contribution in [0.4, 0.5) is 5.69 Å². The molecule has 2 unspecified atom stereocenters. The van der Waals surface area contributed by atoms with Crippen molar-refractivity contribution in [1.29, 1.82) is 0 Å². The Morgan fingerprint density at radius 2 is 2.06 bits per heavy atom. The summed E-state index contributed by atoms with van der Waals surface area (Å²) in [6.45, 7) is 4.16. The van der Waals surface area contributed by atoms with Crippen molar-refractivity contribution in [2.75, 3.05) is 5.73 Å². The molecule has 2 rings (SSSR count). The van der Waals surface area contributed by atoms with Gasteiger partial charge in [-0.1, -0.05) is 0 Å². The van der Waals surface area contributed by atoms with E-state index in [-0.39, 0.29) is 5.91 Å². The summed E-state index contributed by atoms with van der Waals surface area (Å²) < 4.78 is 0. The van der Waals surface area contributed by atoms with Crippen LogP contribution >= 0.6 is 0 Å². The lowest BCUT2D eigenvalue weighted by molar-refractivity contribution is 0.0694. The van der Waals surface area contributed by atoms with E-state index < -0.39 is 0 Å². The average Bonchev–Trinajstić information content (AvgIpc) is 2.58. The molecule has 86 valence electrons. The standard InChI is InChI=1S/C12H17N3O/c1-8-3-4-9(2)15(8)12(16)10-5-6-14-7-11(10)13/h5-9H,3-4,13H2,1-2H3. The molecule has 2 heterocycles. The molecule has 0 radical (unpaired) electrons. The van der Waals surface area contributed by atoms with Gasteiger partial charge in [0, 0.05) is 18.3 Å². The SMILES string of the molecule is CC1CCC(C)N1C(=O)c1ccncc1N. The summed E-state index contributed by atoms with van der Waals surface area (Å²) >= 11 is 0. The first-order chi connectivity index (χ1) is 7.61. The molecule has 0 spiro atoms. The Labute approximate surface area is 95.5 Å². The molecule has 4 heteroatoms. The van der Waals surface area contributed by atoms with Gasteiger partial charge in [-0.05, 0) is 32.8 Å². The number of amides is 1. The number of aromatic nitrogens is 1. The van der Waals surface area contributed by atoms with E-state index in [4.69, 9.17) is 5.73 Å². The minimum Gasteiger partial charge on any atom is -0.397 e. The number of nitrogens with two attached hydrogens (primary N) is 1. The molecule has 2 N–H and O–H groups in total. The summed E-state index contributed by atoms with van der Waals surface area (Å²) in [4.78, 5) is 18.1. The molecule has 16 heavy (non-hydrogen) atoms. The number of rotatable bonds is 1. The van der Waals surface area contributed by atoms with E-state index in [1.165, 1.54) is 6.20 Å². The molecule has 1 aliphatic rings. The molecule has 1 fully saturated rings. The van der Waals surface area contributed by atoms with Crippen molar-refractivity contribution < 1.29 is 4.79 Å². The van der Waals surface area contributed by atoms with E-state index in [2.05, 4.69) is 18.8 Å². The van der Waals surface area contributed by atoms with Crippen molar-refractivity contribution in [3.8, 4) is 0 Å². The summed E-state index contributed by atoms with van der Waals surface area (Å²) in [7, 11) is 0. The first-order valence-electron chi connectivity index (χ1n) is 5.63. The van der Waals surface area contributed by atoms with Crippen molar-refractivity contribution in [1.82, 2.24) is 9.88 Å². The molecule has 1 aromatic heterocycles. The molecule has 4 nitrogen and oxygen atoms in total. The molecule has 0 saturated carbocycles. The molecule has 2 atom stereocenters. The third kappa shape index (κ3) is 1.75. The minimum atomic E-state index is 0.0254. The first-order valence-corrected chi connectivity index (χ1v) is 5.63. The summed E-state index contributed by atoms with van der Waals surface area (Å²) in [6, 6.07) is 2.29. The van der Waals surface area contributed by atoms with E-state index in [1.54, 1.807) is 12.3 Å². The minimum absolute atomic E-state index is 0.0254. The van der Waals surface area contributed by atoms with Gasteiger partial charge in [0.15, 0.2) is 0 Å². The molecule has 1 amide bonds. The molecule has 0 aliphatic carbocycles. The zero-order valence-corrected chi connectivity index (χ0v) is 9.68. The van der Waals surface area contributed by atoms with Gasteiger partial charge in [-0.2, -0.15) is 0 Å². The van der Waals surface area contributed by atoms with Crippen molar-refractivity contribution >= 4 is 11.6 Å². The highest BCUT2D eigenvalue weighted by Crippen LogP contribution is 2.26. The predicted molar refractivity (Wildman–Crippen MR) is 63.0 cm³/mol. The van der Waals surface area contributed by atoms with E-state index >= 15 is 0 Å². The summed E-state index contributed by atoms with van der Waals surface area (Å²) in [5.74, 6) is 0.0254. The average molecular weight is 219 g/mol. The van der Waals surface area contributed by atoms with Gasteiger partial charge in [0.2, 0.25) is 0 Å². The Morgan fingerprint density at radius 1 is 1.44 bits per heavy atom. The van der Waals surface area contributed by atoms with Gasteiger partial charge in [-0.25, -0.2) is 0 Å². The Balaban J connectivity index is 2.29. The quantitative estimate of drug-likeness (QED) is 0.781. The number of hydrogen-bond donors (Lipinski definition) is 1. The lowest BCUT2D eigenvalue weighted by Gasteiger charge is -2.26. The zero-order valence-electron chi connectivity index (χ0n) is 9.68. The van der Waals surface area contributed by atoms with Crippen molar-refractivity contribution in [3.63, 3.8) is 0 Å². The number of pyridine rings is 1. The molecule has 1 aliphatic heterocycles. The number of carbonyl (C=O) groups is 1. The van der Waals surface area contributed by atoms with E-state index in [9.17, 15) is 4.79 Å². The van der Waals surface area contributed by atoms with Crippen LogP contribution < -0.4 is 5.73 Å². The molecule has 1 aromatic rings. The van der Waals surface area contributed by atoms with Gasteiger partial charge in [-0.15, -0.1) is 0 Å². The number of anilines is 1. The highest BCUT2D eigenvalue weighted by atomic mass is 16.2. The molecular weight excluding hydrogens is 202 g/mol. The summed E-state index contributed by atoms with van der Waals surface area (Å²) in [5, 5.41) is 0. The van der Waals surface area contributed by atoms with Crippen LogP contribution in [0, 0.1) is 0 Å². The van der Waals surface area contributed by atoms with Gasteiger partial charge >= 0.3 is 0 Å². The summed E-state index contributed by atoms with van der Waals surface area (Å²) in [5.41, 5.74) is 6.79. The van der Waals surface area contributed by atoms with Gasteiger partial charge < -0.3 is 10.6 Å². The number of likely N-dealkylation sites (tertiary alicyclic amines) is 1. The first kappa shape index (κ1) is 10.9. The maximum atomic E-state index is 12.3. The Morgan fingerprint density at radius 3 is 2.62 bits per heavy atom. The second-order valence-electron chi connectivity index (χ2n) is 4.45. The van der Waals surface area contributed by atoms with Crippen molar-refractivity contribution in [2.45, 2.75) is 38.8 Å².